The fourth-order valence-electron chi connectivity index (χ4n) is 2.60. The van der Waals surface area contributed by atoms with Crippen LogP contribution in [-0.4, -0.2) is 25.0 Å². The molecular weight excluding hydrogens is 239 g/mol. The maximum absolute atomic E-state index is 13.8. The molecule has 0 spiro atoms. The first-order valence-electron chi connectivity index (χ1n) is 7.35. The third kappa shape index (κ3) is 4.29. The molecule has 3 heteroatoms. The van der Waals surface area contributed by atoms with E-state index < -0.39 is 0 Å². The monoisotopic (exact) mass is 264 g/mol. The minimum atomic E-state index is -0.0827. The van der Waals surface area contributed by atoms with Crippen molar-refractivity contribution in [2.24, 2.45) is 5.92 Å². The lowest BCUT2D eigenvalue weighted by Crippen LogP contribution is -2.29. The zero-order valence-electron chi connectivity index (χ0n) is 12.1. The van der Waals surface area contributed by atoms with Crippen LogP contribution in [0.1, 0.15) is 37.3 Å². The molecule has 0 saturated heterocycles. The van der Waals surface area contributed by atoms with E-state index in [1.165, 1.54) is 19.3 Å². The standard InChI is InChI=1S/C16H25FN2/c1-3-18-10-14-7-8-16(17)15(9-14)12-19(2)11-13-5-4-6-13/h7-9,13,18H,3-6,10-12H2,1-2H3. The topological polar surface area (TPSA) is 15.3 Å². The number of nitrogens with zero attached hydrogens (tertiary/aromatic N) is 1. The molecule has 0 aliphatic heterocycles. The predicted octanol–water partition coefficient (Wildman–Crippen LogP) is 3.17. The summed E-state index contributed by atoms with van der Waals surface area (Å²) in [5.41, 5.74) is 1.98. The second-order valence-corrected chi connectivity index (χ2v) is 5.70. The lowest BCUT2D eigenvalue weighted by atomic mass is 9.85. The Balaban J connectivity index is 1.93. The normalized spacial score (nSPS) is 15.8. The molecule has 0 unspecified atom stereocenters. The minimum absolute atomic E-state index is 0.0827. The largest absolute Gasteiger partial charge is 0.313 e. The highest BCUT2D eigenvalue weighted by Crippen LogP contribution is 2.27. The fraction of sp³-hybridized carbons (Fsp3) is 0.625. The second kappa shape index (κ2) is 7.01. The van der Waals surface area contributed by atoms with Gasteiger partial charge in [-0.15, -0.1) is 0 Å². The van der Waals surface area contributed by atoms with Crippen molar-refractivity contribution >= 4 is 0 Å². The zero-order chi connectivity index (χ0) is 13.7. The van der Waals surface area contributed by atoms with E-state index >= 15 is 0 Å². The number of benzene rings is 1. The average molecular weight is 264 g/mol. The van der Waals surface area contributed by atoms with Gasteiger partial charge < -0.3 is 10.2 Å². The van der Waals surface area contributed by atoms with E-state index in [2.05, 4.69) is 24.2 Å². The van der Waals surface area contributed by atoms with Gasteiger partial charge in [-0.2, -0.15) is 0 Å². The Morgan fingerprint density at radius 1 is 1.37 bits per heavy atom. The predicted molar refractivity (Wildman–Crippen MR) is 77.5 cm³/mol. The van der Waals surface area contributed by atoms with Crippen molar-refractivity contribution in [3.8, 4) is 0 Å². The molecule has 1 fully saturated rings. The fourth-order valence-corrected chi connectivity index (χ4v) is 2.60. The maximum Gasteiger partial charge on any atom is 0.127 e. The lowest BCUT2D eigenvalue weighted by Gasteiger charge is -2.30. The van der Waals surface area contributed by atoms with Crippen LogP contribution in [0, 0.1) is 11.7 Å². The van der Waals surface area contributed by atoms with Crippen LogP contribution in [-0.2, 0) is 13.1 Å². The Morgan fingerprint density at radius 2 is 2.16 bits per heavy atom. The van der Waals surface area contributed by atoms with Crippen LogP contribution in [0.3, 0.4) is 0 Å². The second-order valence-electron chi connectivity index (χ2n) is 5.70. The van der Waals surface area contributed by atoms with Crippen LogP contribution in [0.25, 0.3) is 0 Å². The van der Waals surface area contributed by atoms with Gasteiger partial charge in [0.15, 0.2) is 0 Å². The van der Waals surface area contributed by atoms with Crippen LogP contribution in [0.2, 0.25) is 0 Å². The third-order valence-electron chi connectivity index (χ3n) is 3.92. The minimum Gasteiger partial charge on any atom is -0.313 e. The van der Waals surface area contributed by atoms with Crippen molar-refractivity contribution in [3.05, 3.63) is 35.1 Å². The molecule has 1 N–H and O–H groups in total. The Labute approximate surface area is 116 Å². The number of nitrogens with one attached hydrogen (secondary N) is 1. The summed E-state index contributed by atoms with van der Waals surface area (Å²) in [7, 11) is 2.09. The van der Waals surface area contributed by atoms with Gasteiger partial charge in [-0.25, -0.2) is 4.39 Å². The van der Waals surface area contributed by atoms with E-state index in [0.717, 1.165) is 36.7 Å². The molecule has 1 aromatic rings. The van der Waals surface area contributed by atoms with Crippen molar-refractivity contribution in [1.29, 1.82) is 0 Å². The Kier molecular flexibility index (Phi) is 5.34. The van der Waals surface area contributed by atoms with Crippen LogP contribution in [0.15, 0.2) is 18.2 Å². The highest BCUT2D eigenvalue weighted by molar-refractivity contribution is 5.25. The van der Waals surface area contributed by atoms with E-state index in [4.69, 9.17) is 0 Å². The summed E-state index contributed by atoms with van der Waals surface area (Å²) in [5.74, 6) is 0.749. The number of hydrogen-bond acceptors (Lipinski definition) is 2. The average Bonchev–Trinajstić information content (AvgIpc) is 2.35. The molecule has 106 valence electrons. The summed E-state index contributed by atoms with van der Waals surface area (Å²) in [4.78, 5) is 2.25. The van der Waals surface area contributed by atoms with Gasteiger partial charge in [0.2, 0.25) is 0 Å². The molecule has 0 atom stereocenters. The molecule has 2 rings (SSSR count). The Bertz CT molecular complexity index is 402. The van der Waals surface area contributed by atoms with E-state index in [9.17, 15) is 4.39 Å². The number of halogens is 1. The van der Waals surface area contributed by atoms with Crippen molar-refractivity contribution < 1.29 is 4.39 Å². The molecule has 0 heterocycles. The summed E-state index contributed by atoms with van der Waals surface area (Å²) in [6, 6.07) is 5.46. The van der Waals surface area contributed by atoms with Gasteiger partial charge in [-0.1, -0.05) is 25.5 Å². The number of rotatable bonds is 7. The van der Waals surface area contributed by atoms with Crippen LogP contribution < -0.4 is 5.32 Å². The van der Waals surface area contributed by atoms with Crippen LogP contribution in [0.5, 0.6) is 0 Å². The first-order chi connectivity index (χ1) is 9.19. The molecular formula is C16H25FN2. The summed E-state index contributed by atoms with van der Waals surface area (Å²) in [6.45, 7) is 5.64. The SMILES string of the molecule is CCNCc1ccc(F)c(CN(C)CC2CCC2)c1. The van der Waals surface area contributed by atoms with Gasteiger partial charge in [-0.3, -0.25) is 0 Å². The van der Waals surface area contributed by atoms with Gasteiger partial charge >= 0.3 is 0 Å². The summed E-state index contributed by atoms with van der Waals surface area (Å²) >= 11 is 0. The molecule has 1 aromatic carbocycles. The molecule has 1 aliphatic carbocycles. The third-order valence-corrected chi connectivity index (χ3v) is 3.92. The summed E-state index contributed by atoms with van der Waals surface area (Å²) < 4.78 is 13.8. The highest BCUT2D eigenvalue weighted by atomic mass is 19.1. The smallest absolute Gasteiger partial charge is 0.127 e. The molecule has 0 radical (unpaired) electrons. The van der Waals surface area contributed by atoms with Gasteiger partial charge in [0.1, 0.15) is 5.82 Å². The first kappa shape index (κ1) is 14.5. The van der Waals surface area contributed by atoms with E-state index in [1.807, 2.05) is 12.1 Å². The summed E-state index contributed by atoms with van der Waals surface area (Å²) in [5, 5.41) is 3.28. The van der Waals surface area contributed by atoms with Crippen molar-refractivity contribution in [2.75, 3.05) is 20.1 Å². The molecule has 0 amide bonds. The zero-order valence-corrected chi connectivity index (χ0v) is 12.1. The molecule has 0 bridgehead atoms. The van der Waals surface area contributed by atoms with Crippen LogP contribution >= 0.6 is 0 Å². The van der Waals surface area contributed by atoms with E-state index in [-0.39, 0.29) is 5.82 Å². The quantitative estimate of drug-likeness (QED) is 0.814. The molecule has 1 aliphatic rings. The number of hydrogen-bond donors (Lipinski definition) is 1. The molecule has 19 heavy (non-hydrogen) atoms. The van der Waals surface area contributed by atoms with Gasteiger partial charge in [-0.05, 0) is 44.0 Å². The van der Waals surface area contributed by atoms with Gasteiger partial charge in [0, 0.05) is 25.2 Å². The van der Waals surface area contributed by atoms with E-state index in [0.29, 0.717) is 6.54 Å². The molecule has 1 saturated carbocycles. The first-order valence-corrected chi connectivity index (χ1v) is 7.35. The van der Waals surface area contributed by atoms with Gasteiger partial charge in [0.25, 0.3) is 0 Å². The van der Waals surface area contributed by atoms with Crippen LogP contribution in [0.4, 0.5) is 4.39 Å². The highest BCUT2D eigenvalue weighted by Gasteiger charge is 2.19. The van der Waals surface area contributed by atoms with Crippen molar-refractivity contribution in [3.63, 3.8) is 0 Å². The maximum atomic E-state index is 13.8. The van der Waals surface area contributed by atoms with E-state index in [1.54, 1.807) is 6.07 Å². The van der Waals surface area contributed by atoms with Crippen molar-refractivity contribution in [2.45, 2.75) is 39.3 Å². The summed E-state index contributed by atoms with van der Waals surface area (Å²) in [6.07, 6.45) is 4.05. The Hall–Kier alpha value is -0.930. The molecule has 2 nitrogen and oxygen atoms in total. The van der Waals surface area contributed by atoms with Gasteiger partial charge in [0.05, 0.1) is 0 Å². The Morgan fingerprint density at radius 3 is 2.79 bits per heavy atom. The lowest BCUT2D eigenvalue weighted by molar-refractivity contribution is 0.199. The van der Waals surface area contributed by atoms with Crippen molar-refractivity contribution in [1.82, 2.24) is 10.2 Å². The molecule has 0 aromatic heterocycles.